The number of carboxylic acid groups (broad SMARTS) is 1. The van der Waals surface area contributed by atoms with Crippen LogP contribution in [0.5, 0.6) is 0 Å². The first kappa shape index (κ1) is 17.3. The van der Waals surface area contributed by atoms with E-state index in [0.717, 1.165) is 5.56 Å². The third-order valence-electron chi connectivity index (χ3n) is 3.36. The summed E-state index contributed by atoms with van der Waals surface area (Å²) in [6.45, 7) is 4.03. The number of rotatable bonds is 6. The molecule has 2 amide bonds. The fourth-order valence-corrected chi connectivity index (χ4v) is 2.12. The average molecular weight is 313 g/mol. The summed E-state index contributed by atoms with van der Waals surface area (Å²) in [5, 5.41) is 12.1. The predicted octanol–water partition coefficient (Wildman–Crippen LogP) is 3.15. The Hall–Kier alpha value is -1.75. The summed E-state index contributed by atoms with van der Waals surface area (Å²) in [5.74, 6) is -0.973. The first-order chi connectivity index (χ1) is 9.81. The summed E-state index contributed by atoms with van der Waals surface area (Å²) >= 11 is 5.95. The van der Waals surface area contributed by atoms with Crippen molar-refractivity contribution in [3.05, 3.63) is 34.9 Å². The van der Waals surface area contributed by atoms with E-state index in [0.29, 0.717) is 11.6 Å². The van der Waals surface area contributed by atoms with E-state index in [-0.39, 0.29) is 24.4 Å². The second-order valence-corrected chi connectivity index (χ2v) is 5.67. The van der Waals surface area contributed by atoms with Crippen LogP contribution in [0.2, 0.25) is 5.02 Å². The van der Waals surface area contributed by atoms with Gasteiger partial charge in [-0.15, -0.1) is 0 Å². The van der Waals surface area contributed by atoms with Gasteiger partial charge in [0.15, 0.2) is 0 Å². The van der Waals surface area contributed by atoms with Gasteiger partial charge in [0, 0.05) is 25.0 Å². The molecule has 2 atom stereocenters. The molecule has 116 valence electrons. The van der Waals surface area contributed by atoms with E-state index in [1.165, 1.54) is 0 Å². The SMILES string of the molecule is CC(CNC(=O)N(C)C(C)c1cccc(Cl)c1)CC(=O)O. The molecular weight excluding hydrogens is 292 g/mol. The van der Waals surface area contributed by atoms with Crippen LogP contribution in [0.3, 0.4) is 0 Å². The minimum atomic E-state index is -0.864. The normalized spacial score (nSPS) is 13.3. The van der Waals surface area contributed by atoms with Gasteiger partial charge in [-0.3, -0.25) is 4.79 Å². The van der Waals surface area contributed by atoms with Crippen molar-refractivity contribution in [2.45, 2.75) is 26.3 Å². The van der Waals surface area contributed by atoms with Crippen molar-refractivity contribution in [3.63, 3.8) is 0 Å². The quantitative estimate of drug-likeness (QED) is 0.847. The molecule has 0 aliphatic carbocycles. The van der Waals surface area contributed by atoms with Crippen LogP contribution in [0, 0.1) is 5.92 Å². The zero-order valence-corrected chi connectivity index (χ0v) is 13.2. The Kier molecular flexibility index (Phi) is 6.49. The van der Waals surface area contributed by atoms with Gasteiger partial charge in [0.1, 0.15) is 0 Å². The minimum absolute atomic E-state index is 0.0356. The van der Waals surface area contributed by atoms with Crippen molar-refractivity contribution < 1.29 is 14.7 Å². The van der Waals surface area contributed by atoms with Gasteiger partial charge in [0.05, 0.1) is 6.04 Å². The van der Waals surface area contributed by atoms with Crippen molar-refractivity contribution in [1.82, 2.24) is 10.2 Å². The molecule has 1 aromatic rings. The minimum Gasteiger partial charge on any atom is -0.481 e. The molecule has 0 radical (unpaired) electrons. The Balaban J connectivity index is 2.55. The van der Waals surface area contributed by atoms with E-state index in [9.17, 15) is 9.59 Å². The highest BCUT2D eigenvalue weighted by atomic mass is 35.5. The molecule has 0 heterocycles. The summed E-state index contributed by atoms with van der Waals surface area (Å²) in [5.41, 5.74) is 0.943. The lowest BCUT2D eigenvalue weighted by molar-refractivity contribution is -0.137. The summed E-state index contributed by atoms with van der Waals surface area (Å²) in [4.78, 5) is 24.2. The van der Waals surface area contributed by atoms with Gasteiger partial charge < -0.3 is 15.3 Å². The van der Waals surface area contributed by atoms with E-state index in [1.807, 2.05) is 25.1 Å². The Morgan fingerprint density at radius 2 is 2.05 bits per heavy atom. The van der Waals surface area contributed by atoms with E-state index in [1.54, 1.807) is 24.9 Å². The average Bonchev–Trinajstić information content (AvgIpc) is 2.42. The molecule has 5 nitrogen and oxygen atoms in total. The number of nitrogens with one attached hydrogen (secondary N) is 1. The molecule has 6 heteroatoms. The third-order valence-corrected chi connectivity index (χ3v) is 3.59. The number of halogens is 1. The van der Waals surface area contributed by atoms with E-state index in [4.69, 9.17) is 16.7 Å². The highest BCUT2D eigenvalue weighted by Crippen LogP contribution is 2.21. The number of hydrogen-bond acceptors (Lipinski definition) is 2. The van der Waals surface area contributed by atoms with Gasteiger partial charge in [0.2, 0.25) is 0 Å². The fraction of sp³-hybridized carbons (Fsp3) is 0.467. The molecule has 0 aliphatic heterocycles. The number of hydrogen-bond donors (Lipinski definition) is 2. The zero-order chi connectivity index (χ0) is 16.0. The highest BCUT2D eigenvalue weighted by molar-refractivity contribution is 6.30. The maximum absolute atomic E-state index is 12.1. The predicted molar refractivity (Wildman–Crippen MR) is 82.4 cm³/mol. The van der Waals surface area contributed by atoms with Crippen molar-refractivity contribution in [2.24, 2.45) is 5.92 Å². The Labute approximate surface area is 129 Å². The second-order valence-electron chi connectivity index (χ2n) is 5.23. The molecule has 2 N–H and O–H groups in total. The maximum Gasteiger partial charge on any atom is 0.317 e. The monoisotopic (exact) mass is 312 g/mol. The molecule has 21 heavy (non-hydrogen) atoms. The molecule has 1 aromatic carbocycles. The van der Waals surface area contributed by atoms with E-state index < -0.39 is 5.97 Å². The molecule has 0 bridgehead atoms. The van der Waals surface area contributed by atoms with Gasteiger partial charge in [-0.05, 0) is 30.5 Å². The van der Waals surface area contributed by atoms with Crippen molar-refractivity contribution in [3.8, 4) is 0 Å². The largest absolute Gasteiger partial charge is 0.481 e. The molecule has 0 aliphatic rings. The van der Waals surface area contributed by atoms with Crippen LogP contribution >= 0.6 is 11.6 Å². The van der Waals surface area contributed by atoms with Gasteiger partial charge >= 0.3 is 12.0 Å². The van der Waals surface area contributed by atoms with Gasteiger partial charge in [-0.25, -0.2) is 4.79 Å². The number of urea groups is 1. The van der Waals surface area contributed by atoms with Crippen molar-refractivity contribution in [2.75, 3.05) is 13.6 Å². The second kappa shape index (κ2) is 7.88. The van der Waals surface area contributed by atoms with Gasteiger partial charge in [-0.2, -0.15) is 0 Å². The lowest BCUT2D eigenvalue weighted by Gasteiger charge is -2.26. The Bertz CT molecular complexity index is 507. The standard InChI is InChI=1S/C15H21ClN2O3/c1-10(7-14(19)20)9-17-15(21)18(3)11(2)12-5-4-6-13(16)8-12/h4-6,8,10-11H,7,9H2,1-3H3,(H,17,21)(H,19,20). The van der Waals surface area contributed by atoms with Gasteiger partial charge in [-0.1, -0.05) is 30.7 Å². The molecule has 1 rings (SSSR count). The molecule has 0 saturated carbocycles. The molecule has 0 saturated heterocycles. The topological polar surface area (TPSA) is 69.6 Å². The molecule has 2 unspecified atom stereocenters. The van der Waals surface area contributed by atoms with E-state index in [2.05, 4.69) is 5.32 Å². The first-order valence-corrected chi connectivity index (χ1v) is 7.17. The van der Waals surface area contributed by atoms with Crippen LogP contribution < -0.4 is 5.32 Å². The first-order valence-electron chi connectivity index (χ1n) is 6.79. The fourth-order valence-electron chi connectivity index (χ4n) is 1.92. The third kappa shape index (κ3) is 5.63. The van der Waals surface area contributed by atoms with Crippen molar-refractivity contribution >= 4 is 23.6 Å². The van der Waals surface area contributed by atoms with Crippen LogP contribution in [0.25, 0.3) is 0 Å². The van der Waals surface area contributed by atoms with Crippen molar-refractivity contribution in [1.29, 1.82) is 0 Å². The summed E-state index contributed by atoms with van der Waals surface area (Å²) < 4.78 is 0. The number of carbonyl (C=O) groups excluding carboxylic acids is 1. The molecule has 0 spiro atoms. The Morgan fingerprint density at radius 3 is 2.62 bits per heavy atom. The number of benzene rings is 1. The Morgan fingerprint density at radius 1 is 1.38 bits per heavy atom. The van der Waals surface area contributed by atoms with Crippen LogP contribution in [-0.2, 0) is 4.79 Å². The number of carboxylic acids is 1. The number of aliphatic carboxylic acids is 1. The molecule has 0 fully saturated rings. The number of nitrogens with zero attached hydrogens (tertiary/aromatic N) is 1. The lowest BCUT2D eigenvalue weighted by Crippen LogP contribution is -2.40. The highest BCUT2D eigenvalue weighted by Gasteiger charge is 2.18. The molecule has 0 aromatic heterocycles. The zero-order valence-electron chi connectivity index (χ0n) is 12.5. The van der Waals surface area contributed by atoms with Crippen LogP contribution in [0.4, 0.5) is 4.79 Å². The smallest absolute Gasteiger partial charge is 0.317 e. The summed E-state index contributed by atoms with van der Waals surface area (Å²) in [6.07, 6.45) is 0.0356. The summed E-state index contributed by atoms with van der Waals surface area (Å²) in [6, 6.07) is 7.00. The number of carbonyl (C=O) groups is 2. The van der Waals surface area contributed by atoms with Crippen LogP contribution in [0.15, 0.2) is 24.3 Å². The summed E-state index contributed by atoms with van der Waals surface area (Å²) in [7, 11) is 1.70. The van der Waals surface area contributed by atoms with E-state index >= 15 is 0 Å². The maximum atomic E-state index is 12.1. The molecular formula is C15H21ClN2O3. The van der Waals surface area contributed by atoms with Crippen LogP contribution in [-0.4, -0.2) is 35.6 Å². The van der Waals surface area contributed by atoms with Gasteiger partial charge in [0.25, 0.3) is 0 Å². The number of amides is 2. The van der Waals surface area contributed by atoms with Crippen LogP contribution in [0.1, 0.15) is 31.9 Å². The lowest BCUT2D eigenvalue weighted by atomic mass is 10.1.